The van der Waals surface area contributed by atoms with Gasteiger partial charge in [-0.2, -0.15) is 0 Å². The normalized spacial score (nSPS) is 13.2. The second-order valence-electron chi connectivity index (χ2n) is 5.44. The molecule has 0 heterocycles. The molecule has 0 saturated heterocycles. The summed E-state index contributed by atoms with van der Waals surface area (Å²) >= 11 is 0. The van der Waals surface area contributed by atoms with E-state index < -0.39 is 0 Å². The summed E-state index contributed by atoms with van der Waals surface area (Å²) in [5.41, 5.74) is 7.61. The lowest BCUT2D eigenvalue weighted by atomic mass is 9.94. The van der Waals surface area contributed by atoms with Gasteiger partial charge in [-0.25, -0.2) is 0 Å². The van der Waals surface area contributed by atoms with Crippen molar-refractivity contribution in [2.45, 2.75) is 58.3 Å². The van der Waals surface area contributed by atoms with Crippen LogP contribution in [0.2, 0.25) is 0 Å². The predicted molar refractivity (Wildman–Crippen MR) is 85.5 cm³/mol. The maximum absolute atomic E-state index is 11.4. The van der Waals surface area contributed by atoms with Crippen LogP contribution in [-0.2, 0) is 4.79 Å². The maximum atomic E-state index is 11.4. The smallest absolute Gasteiger partial charge is 0.244 e. The third-order valence-electron chi connectivity index (χ3n) is 3.72. The van der Waals surface area contributed by atoms with Crippen molar-refractivity contribution < 1.29 is 4.79 Å². The van der Waals surface area contributed by atoms with Gasteiger partial charge in [-0.3, -0.25) is 4.79 Å². The zero-order chi connectivity index (χ0) is 14.8. The van der Waals surface area contributed by atoms with E-state index in [1.54, 1.807) is 0 Å². The van der Waals surface area contributed by atoms with E-state index in [-0.39, 0.29) is 5.91 Å². The topological polar surface area (TPSA) is 43.1 Å². The Labute approximate surface area is 123 Å². The van der Waals surface area contributed by atoms with Crippen LogP contribution in [0, 0.1) is 0 Å². The van der Waals surface area contributed by atoms with E-state index in [4.69, 9.17) is 5.73 Å². The van der Waals surface area contributed by atoms with E-state index in [2.05, 4.69) is 38.1 Å². The Morgan fingerprint density at radius 1 is 1.25 bits per heavy atom. The molecule has 1 rings (SSSR count). The van der Waals surface area contributed by atoms with Crippen molar-refractivity contribution in [3.8, 4) is 0 Å². The zero-order valence-electron chi connectivity index (χ0n) is 12.8. The minimum atomic E-state index is -0.256. The number of benzene rings is 1. The number of amides is 1. The molecule has 20 heavy (non-hydrogen) atoms. The zero-order valence-corrected chi connectivity index (χ0v) is 12.8. The van der Waals surface area contributed by atoms with Gasteiger partial charge in [0, 0.05) is 5.57 Å². The summed E-state index contributed by atoms with van der Waals surface area (Å²) in [5, 5.41) is 0. The van der Waals surface area contributed by atoms with E-state index in [0.29, 0.717) is 5.92 Å². The lowest BCUT2D eigenvalue weighted by Crippen LogP contribution is -2.14. The molecular formula is C18H27NO. The molecule has 0 aliphatic rings. The Morgan fingerprint density at radius 3 is 2.55 bits per heavy atom. The highest BCUT2D eigenvalue weighted by atomic mass is 16.1. The standard InChI is InChI=1S/C18H27NO/c1-3-4-6-13-17(18(19)20)14-9-10-15(2)16-11-7-5-8-12-16/h5,7-8,11-13,15H,3-4,6,9-10,14H2,1-2H3,(H2,19,20)/b17-13-. The van der Waals surface area contributed by atoms with Gasteiger partial charge in [0.25, 0.3) is 0 Å². The Bertz CT molecular complexity index is 422. The number of allylic oxidation sites excluding steroid dienone is 1. The number of carbonyl (C=O) groups is 1. The van der Waals surface area contributed by atoms with E-state index in [0.717, 1.165) is 44.1 Å². The van der Waals surface area contributed by atoms with E-state index >= 15 is 0 Å². The minimum absolute atomic E-state index is 0.256. The molecule has 1 atom stereocenters. The van der Waals surface area contributed by atoms with Gasteiger partial charge in [-0.15, -0.1) is 0 Å². The number of carbonyl (C=O) groups excluding carboxylic acids is 1. The summed E-state index contributed by atoms with van der Waals surface area (Å²) in [7, 11) is 0. The van der Waals surface area contributed by atoms with Crippen LogP contribution in [0.1, 0.15) is 63.9 Å². The highest BCUT2D eigenvalue weighted by Gasteiger charge is 2.08. The number of primary amides is 1. The predicted octanol–water partition coefficient (Wildman–Crippen LogP) is 4.56. The molecule has 2 nitrogen and oxygen atoms in total. The van der Waals surface area contributed by atoms with Crippen LogP contribution >= 0.6 is 0 Å². The molecule has 2 heteroatoms. The number of rotatable bonds is 9. The van der Waals surface area contributed by atoms with Gasteiger partial charge in [0.05, 0.1) is 0 Å². The van der Waals surface area contributed by atoms with Crippen LogP contribution < -0.4 is 5.73 Å². The van der Waals surface area contributed by atoms with E-state index in [1.165, 1.54) is 5.56 Å². The Hall–Kier alpha value is -1.57. The van der Waals surface area contributed by atoms with Crippen molar-refractivity contribution in [1.82, 2.24) is 0 Å². The van der Waals surface area contributed by atoms with Crippen molar-refractivity contribution >= 4 is 5.91 Å². The average molecular weight is 273 g/mol. The van der Waals surface area contributed by atoms with Crippen molar-refractivity contribution in [2.24, 2.45) is 5.73 Å². The van der Waals surface area contributed by atoms with Crippen LogP contribution in [0.25, 0.3) is 0 Å². The quantitative estimate of drug-likeness (QED) is 0.520. The molecular weight excluding hydrogens is 246 g/mol. The van der Waals surface area contributed by atoms with Crippen LogP contribution in [0.4, 0.5) is 0 Å². The molecule has 0 radical (unpaired) electrons. The lowest BCUT2D eigenvalue weighted by molar-refractivity contribution is -0.114. The summed E-state index contributed by atoms with van der Waals surface area (Å²) in [6.07, 6.45) is 8.16. The summed E-state index contributed by atoms with van der Waals surface area (Å²) in [5.74, 6) is 0.273. The molecule has 0 fully saturated rings. The first-order valence-electron chi connectivity index (χ1n) is 7.69. The molecule has 0 bridgehead atoms. The van der Waals surface area contributed by atoms with Gasteiger partial charge in [0.1, 0.15) is 0 Å². The summed E-state index contributed by atoms with van der Waals surface area (Å²) in [6.45, 7) is 4.39. The SMILES string of the molecule is CCCC/C=C(/CCCC(C)c1ccccc1)C(N)=O. The first-order valence-corrected chi connectivity index (χ1v) is 7.69. The van der Waals surface area contributed by atoms with E-state index in [9.17, 15) is 4.79 Å². The van der Waals surface area contributed by atoms with Gasteiger partial charge in [-0.1, -0.05) is 63.1 Å². The number of nitrogens with two attached hydrogens (primary N) is 1. The number of hydrogen-bond acceptors (Lipinski definition) is 1. The summed E-state index contributed by atoms with van der Waals surface area (Å²) in [4.78, 5) is 11.4. The Kier molecular flexibility index (Phi) is 7.71. The molecule has 0 aliphatic heterocycles. The highest BCUT2D eigenvalue weighted by Crippen LogP contribution is 2.22. The molecule has 0 spiro atoms. The molecule has 0 aliphatic carbocycles. The summed E-state index contributed by atoms with van der Waals surface area (Å²) in [6, 6.07) is 10.5. The molecule has 110 valence electrons. The second-order valence-corrected chi connectivity index (χ2v) is 5.44. The van der Waals surface area contributed by atoms with Gasteiger partial charge in [-0.05, 0) is 37.2 Å². The van der Waals surface area contributed by atoms with Crippen molar-refractivity contribution in [3.63, 3.8) is 0 Å². The third-order valence-corrected chi connectivity index (χ3v) is 3.72. The summed E-state index contributed by atoms with van der Waals surface area (Å²) < 4.78 is 0. The van der Waals surface area contributed by atoms with Crippen LogP contribution in [0.3, 0.4) is 0 Å². The second kappa shape index (κ2) is 9.35. The molecule has 2 N–H and O–H groups in total. The first kappa shape index (κ1) is 16.5. The van der Waals surface area contributed by atoms with Crippen molar-refractivity contribution in [2.75, 3.05) is 0 Å². The lowest BCUT2D eigenvalue weighted by Gasteiger charge is -2.12. The van der Waals surface area contributed by atoms with Crippen LogP contribution in [0.15, 0.2) is 42.0 Å². The Morgan fingerprint density at radius 2 is 1.95 bits per heavy atom. The van der Waals surface area contributed by atoms with Crippen molar-refractivity contribution in [1.29, 1.82) is 0 Å². The van der Waals surface area contributed by atoms with Crippen molar-refractivity contribution in [3.05, 3.63) is 47.5 Å². The van der Waals surface area contributed by atoms with Crippen LogP contribution in [-0.4, -0.2) is 5.91 Å². The monoisotopic (exact) mass is 273 g/mol. The third kappa shape index (κ3) is 6.05. The first-order chi connectivity index (χ1) is 9.65. The maximum Gasteiger partial charge on any atom is 0.244 e. The molecule has 0 aromatic heterocycles. The highest BCUT2D eigenvalue weighted by molar-refractivity contribution is 5.91. The molecule has 1 unspecified atom stereocenters. The molecule has 1 aromatic carbocycles. The van der Waals surface area contributed by atoms with Gasteiger partial charge >= 0.3 is 0 Å². The molecule has 0 saturated carbocycles. The molecule has 1 amide bonds. The average Bonchev–Trinajstić information content (AvgIpc) is 2.46. The fourth-order valence-electron chi connectivity index (χ4n) is 2.35. The minimum Gasteiger partial charge on any atom is -0.366 e. The molecule has 1 aromatic rings. The van der Waals surface area contributed by atoms with Gasteiger partial charge < -0.3 is 5.73 Å². The fourth-order valence-corrected chi connectivity index (χ4v) is 2.35. The number of hydrogen-bond donors (Lipinski definition) is 1. The van der Waals surface area contributed by atoms with Gasteiger partial charge in [0.15, 0.2) is 0 Å². The number of unbranched alkanes of at least 4 members (excludes halogenated alkanes) is 2. The van der Waals surface area contributed by atoms with E-state index in [1.807, 2.05) is 12.1 Å². The Balaban J connectivity index is 2.40. The van der Waals surface area contributed by atoms with Crippen LogP contribution in [0.5, 0.6) is 0 Å². The fraction of sp³-hybridized carbons (Fsp3) is 0.500. The largest absolute Gasteiger partial charge is 0.366 e. The van der Waals surface area contributed by atoms with Gasteiger partial charge in [0.2, 0.25) is 5.91 Å².